The first-order chi connectivity index (χ1) is 10.3. The number of halogens is 3. The number of benzene rings is 1. The van der Waals surface area contributed by atoms with Gasteiger partial charge < -0.3 is 11.1 Å². The number of rotatable bonds is 7. The molecule has 3 N–H and O–H groups in total. The third-order valence-corrected chi connectivity index (χ3v) is 3.00. The quantitative estimate of drug-likeness (QED) is 0.600. The Bertz CT molecular complexity index is 556. The Morgan fingerprint density at radius 2 is 2.05 bits per heavy atom. The van der Waals surface area contributed by atoms with E-state index in [0.717, 1.165) is 18.2 Å². The number of hydrogen-bond donors (Lipinski definition) is 2. The minimum Gasteiger partial charge on any atom is -0.368 e. The van der Waals surface area contributed by atoms with Crippen LogP contribution in [0.3, 0.4) is 0 Å². The topological polar surface area (TPSA) is 72.2 Å². The van der Waals surface area contributed by atoms with Crippen molar-refractivity contribution in [3.05, 3.63) is 48.0 Å². The Morgan fingerprint density at radius 3 is 2.59 bits per heavy atom. The van der Waals surface area contributed by atoms with Crippen molar-refractivity contribution in [1.29, 1.82) is 0 Å². The lowest BCUT2D eigenvalue weighted by atomic mass is 10.1. The Hall–Kier alpha value is -2.31. The van der Waals surface area contributed by atoms with Crippen molar-refractivity contribution in [1.82, 2.24) is 5.32 Å². The summed E-state index contributed by atoms with van der Waals surface area (Å²) in [6, 6.07) is 3.05. The van der Waals surface area contributed by atoms with Crippen LogP contribution in [0.4, 0.5) is 13.2 Å². The molecule has 0 aliphatic carbocycles. The van der Waals surface area contributed by atoms with E-state index in [4.69, 9.17) is 5.73 Å². The number of primary amides is 1. The molecular weight excluding hydrogens is 297 g/mol. The van der Waals surface area contributed by atoms with Gasteiger partial charge in [-0.05, 0) is 37.5 Å². The first-order valence-corrected chi connectivity index (χ1v) is 6.64. The summed E-state index contributed by atoms with van der Waals surface area (Å²) < 4.78 is 37.8. The van der Waals surface area contributed by atoms with Gasteiger partial charge in [0.2, 0.25) is 5.91 Å². The molecule has 22 heavy (non-hydrogen) atoms. The fraction of sp³-hybridized carbons (Fsp3) is 0.333. The highest BCUT2D eigenvalue weighted by Crippen LogP contribution is 2.29. The summed E-state index contributed by atoms with van der Waals surface area (Å²) in [6.45, 7) is 3.53. The number of alkyl halides is 3. The molecule has 120 valence electrons. The molecule has 7 heteroatoms. The summed E-state index contributed by atoms with van der Waals surface area (Å²) in [7, 11) is 0. The van der Waals surface area contributed by atoms with Crippen LogP contribution in [0, 0.1) is 0 Å². The van der Waals surface area contributed by atoms with E-state index in [1.54, 1.807) is 6.08 Å². The molecule has 1 atom stereocenters. The van der Waals surface area contributed by atoms with Crippen molar-refractivity contribution in [3.8, 4) is 0 Å². The standard InChI is InChI=1S/C15H17F3N2O2/c1-2-3-4-8-12(13(19)21)20-14(22)10-6-5-7-11(9-10)15(16,17)18/h2,5-7,9,12H,1,3-4,8H2,(H2,19,21)(H,20,22)/t12-/m1/s1. The van der Waals surface area contributed by atoms with Gasteiger partial charge in [0, 0.05) is 5.56 Å². The maximum atomic E-state index is 12.6. The summed E-state index contributed by atoms with van der Waals surface area (Å²) in [6.07, 6.45) is -1.36. The lowest BCUT2D eigenvalue weighted by Gasteiger charge is -2.15. The van der Waals surface area contributed by atoms with Gasteiger partial charge in [0.15, 0.2) is 0 Å². The normalized spacial score (nSPS) is 12.5. The number of amides is 2. The molecule has 0 aromatic heterocycles. The minimum absolute atomic E-state index is 0.176. The minimum atomic E-state index is -4.54. The number of carbonyl (C=O) groups excluding carboxylic acids is 2. The van der Waals surface area contributed by atoms with Crippen molar-refractivity contribution in [2.75, 3.05) is 0 Å². The molecule has 1 rings (SSSR count). The molecule has 0 saturated heterocycles. The number of nitrogens with one attached hydrogen (secondary N) is 1. The number of nitrogens with two attached hydrogens (primary N) is 1. The largest absolute Gasteiger partial charge is 0.416 e. The fourth-order valence-corrected chi connectivity index (χ4v) is 1.83. The average Bonchev–Trinajstić information content (AvgIpc) is 2.45. The van der Waals surface area contributed by atoms with Crippen LogP contribution in [0.15, 0.2) is 36.9 Å². The van der Waals surface area contributed by atoms with Gasteiger partial charge in [-0.1, -0.05) is 12.1 Å². The molecule has 0 aliphatic heterocycles. The molecule has 0 saturated carbocycles. The van der Waals surface area contributed by atoms with Crippen LogP contribution in [0.25, 0.3) is 0 Å². The first kappa shape index (κ1) is 17.7. The summed E-state index contributed by atoms with van der Waals surface area (Å²) in [5.74, 6) is -1.50. The van der Waals surface area contributed by atoms with Crippen LogP contribution < -0.4 is 11.1 Å². The Balaban J connectivity index is 2.81. The van der Waals surface area contributed by atoms with Gasteiger partial charge in [-0.15, -0.1) is 6.58 Å². The predicted molar refractivity (Wildman–Crippen MR) is 75.9 cm³/mol. The van der Waals surface area contributed by atoms with Gasteiger partial charge in [0.05, 0.1) is 5.56 Å². The number of carbonyl (C=O) groups is 2. The molecule has 1 aromatic rings. The van der Waals surface area contributed by atoms with Gasteiger partial charge in [-0.3, -0.25) is 9.59 Å². The first-order valence-electron chi connectivity index (χ1n) is 6.64. The Labute approximate surface area is 126 Å². The van der Waals surface area contributed by atoms with E-state index in [-0.39, 0.29) is 5.56 Å². The predicted octanol–water partition coefficient (Wildman–Crippen LogP) is 2.65. The Morgan fingerprint density at radius 1 is 1.36 bits per heavy atom. The second kappa shape index (κ2) is 7.63. The maximum absolute atomic E-state index is 12.6. The van der Waals surface area contributed by atoms with Gasteiger partial charge in [0.25, 0.3) is 5.91 Å². The molecule has 0 fully saturated rings. The summed E-state index contributed by atoms with van der Waals surface area (Å²) in [5.41, 5.74) is 4.08. The molecule has 0 bridgehead atoms. The monoisotopic (exact) mass is 314 g/mol. The van der Waals surface area contributed by atoms with Crippen LogP contribution in [0.1, 0.15) is 35.2 Å². The van der Waals surface area contributed by atoms with Crippen LogP contribution in [0.5, 0.6) is 0 Å². The van der Waals surface area contributed by atoms with E-state index < -0.39 is 29.6 Å². The zero-order valence-electron chi connectivity index (χ0n) is 11.8. The highest BCUT2D eigenvalue weighted by atomic mass is 19.4. The van der Waals surface area contributed by atoms with E-state index in [0.29, 0.717) is 19.3 Å². The average molecular weight is 314 g/mol. The second-order valence-corrected chi connectivity index (χ2v) is 4.73. The third-order valence-electron chi connectivity index (χ3n) is 3.00. The molecule has 0 spiro atoms. The third kappa shape index (κ3) is 5.23. The van der Waals surface area contributed by atoms with Crippen molar-refractivity contribution in [2.24, 2.45) is 5.73 Å². The highest BCUT2D eigenvalue weighted by molar-refractivity contribution is 5.97. The van der Waals surface area contributed by atoms with Gasteiger partial charge in [-0.25, -0.2) is 0 Å². The van der Waals surface area contributed by atoms with E-state index in [9.17, 15) is 22.8 Å². The van der Waals surface area contributed by atoms with E-state index in [1.807, 2.05) is 0 Å². The molecule has 0 aliphatic rings. The number of unbranched alkanes of at least 4 members (excludes halogenated alkanes) is 1. The van der Waals surface area contributed by atoms with E-state index in [1.165, 1.54) is 6.07 Å². The van der Waals surface area contributed by atoms with Crippen molar-refractivity contribution in [2.45, 2.75) is 31.5 Å². The molecule has 0 heterocycles. The van der Waals surface area contributed by atoms with E-state index >= 15 is 0 Å². The van der Waals surface area contributed by atoms with Crippen LogP contribution in [-0.4, -0.2) is 17.9 Å². The highest BCUT2D eigenvalue weighted by Gasteiger charge is 2.31. The van der Waals surface area contributed by atoms with Crippen molar-refractivity contribution >= 4 is 11.8 Å². The number of allylic oxidation sites excluding steroid dienone is 1. The van der Waals surface area contributed by atoms with Gasteiger partial charge in [-0.2, -0.15) is 13.2 Å². The van der Waals surface area contributed by atoms with Crippen LogP contribution >= 0.6 is 0 Å². The van der Waals surface area contributed by atoms with Crippen molar-refractivity contribution in [3.63, 3.8) is 0 Å². The molecule has 0 radical (unpaired) electrons. The van der Waals surface area contributed by atoms with Crippen molar-refractivity contribution < 1.29 is 22.8 Å². The zero-order valence-corrected chi connectivity index (χ0v) is 11.8. The lowest BCUT2D eigenvalue weighted by Crippen LogP contribution is -2.44. The second-order valence-electron chi connectivity index (χ2n) is 4.73. The van der Waals surface area contributed by atoms with Crippen LogP contribution in [0.2, 0.25) is 0 Å². The number of hydrogen-bond acceptors (Lipinski definition) is 2. The summed E-state index contributed by atoms with van der Waals surface area (Å²) in [5, 5.41) is 2.36. The maximum Gasteiger partial charge on any atom is 0.416 e. The smallest absolute Gasteiger partial charge is 0.368 e. The molecular formula is C15H17F3N2O2. The SMILES string of the molecule is C=CCCC[C@@H](NC(=O)c1cccc(C(F)(F)F)c1)C(N)=O. The molecule has 1 aromatic carbocycles. The summed E-state index contributed by atoms with van der Waals surface area (Å²) in [4.78, 5) is 23.3. The van der Waals surface area contributed by atoms with Gasteiger partial charge in [0.1, 0.15) is 6.04 Å². The fourth-order valence-electron chi connectivity index (χ4n) is 1.83. The van der Waals surface area contributed by atoms with Gasteiger partial charge >= 0.3 is 6.18 Å². The zero-order chi connectivity index (χ0) is 16.8. The molecule has 4 nitrogen and oxygen atoms in total. The van der Waals surface area contributed by atoms with E-state index in [2.05, 4.69) is 11.9 Å². The Kier molecular flexibility index (Phi) is 6.15. The molecule has 2 amide bonds. The summed E-state index contributed by atoms with van der Waals surface area (Å²) >= 11 is 0. The van der Waals surface area contributed by atoms with Crippen LogP contribution in [-0.2, 0) is 11.0 Å². The molecule has 0 unspecified atom stereocenters. The lowest BCUT2D eigenvalue weighted by molar-refractivity contribution is -0.137.